The van der Waals surface area contributed by atoms with Crippen LogP contribution in [0.5, 0.6) is 0 Å². The Morgan fingerprint density at radius 2 is 2.09 bits per heavy atom. The number of guanidine groups is 1. The summed E-state index contributed by atoms with van der Waals surface area (Å²) in [5.41, 5.74) is 0. The molecule has 0 radical (unpaired) electrons. The first kappa shape index (κ1) is 18.5. The van der Waals surface area contributed by atoms with Gasteiger partial charge in [0.1, 0.15) is 0 Å². The van der Waals surface area contributed by atoms with Crippen LogP contribution in [0.2, 0.25) is 0 Å². The molecule has 23 heavy (non-hydrogen) atoms. The third-order valence-electron chi connectivity index (χ3n) is 4.96. The van der Waals surface area contributed by atoms with Crippen LogP contribution in [0, 0.1) is 5.92 Å². The summed E-state index contributed by atoms with van der Waals surface area (Å²) in [5, 5.41) is 6.59. The third kappa shape index (κ3) is 6.30. The lowest BCUT2D eigenvalue weighted by Crippen LogP contribution is -2.42. The predicted molar refractivity (Wildman–Crippen MR) is 95.6 cm³/mol. The van der Waals surface area contributed by atoms with Gasteiger partial charge in [0.05, 0.1) is 11.5 Å². The van der Waals surface area contributed by atoms with E-state index in [0.717, 1.165) is 31.9 Å². The van der Waals surface area contributed by atoms with Crippen molar-refractivity contribution in [3.63, 3.8) is 0 Å². The summed E-state index contributed by atoms with van der Waals surface area (Å²) in [6.45, 7) is 6.26. The Balaban J connectivity index is 1.60. The number of rotatable bonds is 6. The highest BCUT2D eigenvalue weighted by Crippen LogP contribution is 2.17. The zero-order valence-electron chi connectivity index (χ0n) is 14.6. The molecule has 0 saturated carbocycles. The summed E-state index contributed by atoms with van der Waals surface area (Å²) in [7, 11) is -1.04. The largest absolute Gasteiger partial charge is 0.356 e. The lowest BCUT2D eigenvalue weighted by molar-refractivity contribution is 0.159. The molecule has 2 saturated heterocycles. The van der Waals surface area contributed by atoms with Crippen molar-refractivity contribution in [1.82, 2.24) is 15.5 Å². The molecule has 0 aromatic carbocycles. The molecule has 2 N–H and O–H groups in total. The van der Waals surface area contributed by atoms with E-state index >= 15 is 0 Å². The van der Waals surface area contributed by atoms with E-state index in [0.29, 0.717) is 24.1 Å². The quantitative estimate of drug-likeness (QED) is 0.425. The molecule has 0 amide bonds. The van der Waals surface area contributed by atoms with E-state index in [1.54, 1.807) is 7.05 Å². The fourth-order valence-electron chi connectivity index (χ4n) is 3.47. The molecular weight excluding hydrogens is 312 g/mol. The van der Waals surface area contributed by atoms with Crippen molar-refractivity contribution in [3.05, 3.63) is 0 Å². The molecule has 0 aliphatic carbocycles. The molecule has 0 aromatic heterocycles. The summed E-state index contributed by atoms with van der Waals surface area (Å²) in [4.78, 5) is 6.79. The van der Waals surface area contributed by atoms with E-state index in [-0.39, 0.29) is 5.92 Å². The van der Waals surface area contributed by atoms with Crippen molar-refractivity contribution in [2.75, 3.05) is 44.7 Å². The minimum atomic E-state index is -2.79. The number of sulfone groups is 1. The molecule has 2 fully saturated rings. The van der Waals surface area contributed by atoms with Crippen molar-refractivity contribution in [2.45, 2.75) is 45.1 Å². The normalized spacial score (nSPS) is 28.7. The monoisotopic (exact) mass is 344 g/mol. The maximum atomic E-state index is 11.5. The zero-order valence-corrected chi connectivity index (χ0v) is 15.4. The number of aliphatic imine (C=N–C) groups is 1. The maximum Gasteiger partial charge on any atom is 0.190 e. The number of piperidine rings is 1. The molecule has 2 aliphatic heterocycles. The number of nitrogens with one attached hydrogen (secondary N) is 2. The van der Waals surface area contributed by atoms with Crippen molar-refractivity contribution in [3.8, 4) is 0 Å². The van der Waals surface area contributed by atoms with Crippen LogP contribution in [0.1, 0.15) is 39.0 Å². The highest BCUT2D eigenvalue weighted by molar-refractivity contribution is 7.91. The summed E-state index contributed by atoms with van der Waals surface area (Å²) in [6, 6.07) is 0.713. The molecule has 0 bridgehead atoms. The second kappa shape index (κ2) is 8.87. The Morgan fingerprint density at radius 1 is 1.26 bits per heavy atom. The smallest absolute Gasteiger partial charge is 0.190 e. The molecule has 7 heteroatoms. The van der Waals surface area contributed by atoms with Crippen LogP contribution in [0.3, 0.4) is 0 Å². The number of hydrogen-bond acceptors (Lipinski definition) is 4. The molecule has 2 heterocycles. The molecule has 6 nitrogen and oxygen atoms in total. The van der Waals surface area contributed by atoms with E-state index < -0.39 is 9.84 Å². The van der Waals surface area contributed by atoms with Gasteiger partial charge in [0.2, 0.25) is 0 Å². The zero-order chi connectivity index (χ0) is 16.7. The SMILES string of the molecule is CN=C(NCCCN1CCCCC1C)NCC1CCS(=O)(=O)C1. The molecule has 2 atom stereocenters. The minimum absolute atomic E-state index is 0.216. The van der Waals surface area contributed by atoms with Gasteiger partial charge in [-0.1, -0.05) is 6.42 Å². The van der Waals surface area contributed by atoms with E-state index in [9.17, 15) is 8.42 Å². The molecule has 0 aromatic rings. The fraction of sp³-hybridized carbons (Fsp3) is 0.938. The average molecular weight is 345 g/mol. The fourth-order valence-corrected chi connectivity index (χ4v) is 5.34. The summed E-state index contributed by atoms with van der Waals surface area (Å²) < 4.78 is 22.9. The van der Waals surface area contributed by atoms with Crippen LogP contribution < -0.4 is 10.6 Å². The van der Waals surface area contributed by atoms with Crippen molar-refractivity contribution >= 4 is 15.8 Å². The Labute approximate surface area is 141 Å². The lowest BCUT2D eigenvalue weighted by atomic mass is 10.0. The molecule has 2 rings (SSSR count). The Kier molecular flexibility index (Phi) is 7.14. The molecule has 2 unspecified atom stereocenters. The first-order valence-electron chi connectivity index (χ1n) is 8.89. The van der Waals surface area contributed by atoms with Gasteiger partial charge < -0.3 is 15.5 Å². The minimum Gasteiger partial charge on any atom is -0.356 e. The van der Waals surface area contributed by atoms with Gasteiger partial charge in [-0.3, -0.25) is 4.99 Å². The summed E-state index contributed by atoms with van der Waals surface area (Å²) >= 11 is 0. The molecule has 2 aliphatic rings. The van der Waals surface area contributed by atoms with Crippen LogP contribution in [0.15, 0.2) is 4.99 Å². The molecular formula is C16H32N4O2S. The second-order valence-corrected chi connectivity index (χ2v) is 9.11. The van der Waals surface area contributed by atoms with Gasteiger partial charge in [-0.25, -0.2) is 8.42 Å². The first-order valence-corrected chi connectivity index (χ1v) is 10.7. The topological polar surface area (TPSA) is 73.8 Å². The van der Waals surface area contributed by atoms with Gasteiger partial charge in [-0.2, -0.15) is 0 Å². The second-order valence-electron chi connectivity index (χ2n) is 6.88. The van der Waals surface area contributed by atoms with Crippen molar-refractivity contribution in [1.29, 1.82) is 0 Å². The molecule has 134 valence electrons. The van der Waals surface area contributed by atoms with Gasteiger partial charge in [-0.15, -0.1) is 0 Å². The van der Waals surface area contributed by atoms with Gasteiger partial charge in [0, 0.05) is 32.7 Å². The van der Waals surface area contributed by atoms with E-state index in [1.807, 2.05) is 0 Å². The van der Waals surface area contributed by atoms with Gasteiger partial charge in [0.15, 0.2) is 15.8 Å². The predicted octanol–water partition coefficient (Wildman–Crippen LogP) is 0.851. The van der Waals surface area contributed by atoms with Crippen LogP contribution in [0.4, 0.5) is 0 Å². The highest BCUT2D eigenvalue weighted by Gasteiger charge is 2.27. The Morgan fingerprint density at radius 3 is 2.74 bits per heavy atom. The number of nitrogens with zero attached hydrogens (tertiary/aromatic N) is 2. The Hall–Kier alpha value is -0.820. The van der Waals surface area contributed by atoms with Crippen LogP contribution in [-0.4, -0.2) is 70.1 Å². The summed E-state index contributed by atoms with van der Waals surface area (Å²) in [6.07, 6.45) is 5.87. The van der Waals surface area contributed by atoms with E-state index in [2.05, 4.69) is 27.4 Å². The third-order valence-corrected chi connectivity index (χ3v) is 6.80. The van der Waals surface area contributed by atoms with Gasteiger partial charge in [0.25, 0.3) is 0 Å². The number of likely N-dealkylation sites (tertiary alicyclic amines) is 1. The summed E-state index contributed by atoms with van der Waals surface area (Å²) in [5.74, 6) is 1.64. The van der Waals surface area contributed by atoms with Crippen molar-refractivity contribution in [2.24, 2.45) is 10.9 Å². The molecule has 0 spiro atoms. The van der Waals surface area contributed by atoms with Crippen molar-refractivity contribution < 1.29 is 8.42 Å². The van der Waals surface area contributed by atoms with E-state index in [4.69, 9.17) is 0 Å². The first-order chi connectivity index (χ1) is 11.0. The van der Waals surface area contributed by atoms with Gasteiger partial charge in [-0.05, 0) is 45.1 Å². The standard InChI is InChI=1S/C16H32N4O2S/c1-14-6-3-4-9-20(14)10-5-8-18-16(17-2)19-12-15-7-11-23(21,22)13-15/h14-15H,3-13H2,1-2H3,(H2,17,18,19). The average Bonchev–Trinajstić information content (AvgIpc) is 2.87. The lowest BCUT2D eigenvalue weighted by Gasteiger charge is -2.33. The van der Waals surface area contributed by atoms with Gasteiger partial charge >= 0.3 is 0 Å². The van der Waals surface area contributed by atoms with Crippen LogP contribution in [0.25, 0.3) is 0 Å². The van der Waals surface area contributed by atoms with Crippen LogP contribution >= 0.6 is 0 Å². The highest BCUT2D eigenvalue weighted by atomic mass is 32.2. The Bertz CT molecular complexity index is 492. The van der Waals surface area contributed by atoms with Crippen LogP contribution in [-0.2, 0) is 9.84 Å². The van der Waals surface area contributed by atoms with E-state index in [1.165, 1.54) is 25.8 Å². The number of hydrogen-bond donors (Lipinski definition) is 2. The maximum absolute atomic E-state index is 11.5.